The lowest BCUT2D eigenvalue weighted by Gasteiger charge is -1.98. The van der Waals surface area contributed by atoms with E-state index in [0.29, 0.717) is 21.5 Å². The van der Waals surface area contributed by atoms with Crippen molar-refractivity contribution < 1.29 is 4.39 Å². The number of halogens is 2. The molecule has 0 aliphatic rings. The molecule has 2 N–H and O–H groups in total. The largest absolute Gasteiger partial charge is 0.373 e. The van der Waals surface area contributed by atoms with Crippen molar-refractivity contribution in [2.75, 3.05) is 12.4 Å². The molecule has 0 fully saturated rings. The summed E-state index contributed by atoms with van der Waals surface area (Å²) >= 11 is 3.27. The summed E-state index contributed by atoms with van der Waals surface area (Å²) in [7, 11) is 1.80. The van der Waals surface area contributed by atoms with Crippen LogP contribution in [0.2, 0.25) is 0 Å². The third-order valence-electron chi connectivity index (χ3n) is 2.74. The summed E-state index contributed by atoms with van der Waals surface area (Å²) in [5.74, 6) is 1.02. The Bertz CT molecular complexity index is 733. The van der Waals surface area contributed by atoms with Crippen molar-refractivity contribution in [1.29, 1.82) is 0 Å². The van der Waals surface area contributed by atoms with Crippen molar-refractivity contribution in [2.45, 2.75) is 0 Å². The van der Waals surface area contributed by atoms with Crippen LogP contribution in [0.1, 0.15) is 0 Å². The minimum atomic E-state index is -0.311. The van der Waals surface area contributed by atoms with Gasteiger partial charge in [0.15, 0.2) is 5.65 Å². The van der Waals surface area contributed by atoms with Gasteiger partial charge in [-0.2, -0.15) is 0 Å². The van der Waals surface area contributed by atoms with Crippen LogP contribution in [-0.4, -0.2) is 22.0 Å². The van der Waals surface area contributed by atoms with Gasteiger partial charge >= 0.3 is 0 Å². The van der Waals surface area contributed by atoms with E-state index in [9.17, 15) is 4.39 Å². The predicted octanol–water partition coefficient (Wildman–Crippen LogP) is 3.57. The van der Waals surface area contributed by atoms with Gasteiger partial charge in [-0.1, -0.05) is 15.9 Å². The molecule has 0 aliphatic heterocycles. The quantitative estimate of drug-likeness (QED) is 0.759. The third-order valence-corrected chi connectivity index (χ3v) is 3.20. The second-order valence-electron chi connectivity index (χ2n) is 4.06. The first-order chi connectivity index (χ1) is 9.15. The Labute approximate surface area is 117 Å². The number of pyridine rings is 1. The van der Waals surface area contributed by atoms with Gasteiger partial charge in [0, 0.05) is 17.1 Å². The van der Waals surface area contributed by atoms with Crippen LogP contribution in [0.3, 0.4) is 0 Å². The van der Waals surface area contributed by atoms with Gasteiger partial charge in [-0.15, -0.1) is 0 Å². The fourth-order valence-electron chi connectivity index (χ4n) is 1.86. The summed E-state index contributed by atoms with van der Waals surface area (Å²) in [6.45, 7) is 0. The molecule has 0 saturated heterocycles. The maximum absolute atomic E-state index is 13.4. The second-order valence-corrected chi connectivity index (χ2v) is 4.98. The molecular formula is C13H10BrFN4. The molecule has 1 aromatic carbocycles. The normalized spacial score (nSPS) is 10.9. The highest BCUT2D eigenvalue weighted by atomic mass is 79.9. The number of H-pyrrole nitrogens is 1. The van der Waals surface area contributed by atoms with Crippen molar-refractivity contribution >= 4 is 32.9 Å². The number of benzene rings is 1. The average Bonchev–Trinajstić information content (AvgIpc) is 2.80. The van der Waals surface area contributed by atoms with E-state index in [1.807, 2.05) is 12.1 Å². The molecule has 0 bridgehead atoms. The zero-order valence-electron chi connectivity index (χ0n) is 10.0. The first-order valence-electron chi connectivity index (χ1n) is 5.67. The van der Waals surface area contributed by atoms with E-state index in [1.165, 1.54) is 12.1 Å². The highest BCUT2D eigenvalue weighted by Crippen LogP contribution is 2.24. The highest BCUT2D eigenvalue weighted by Gasteiger charge is 2.08. The zero-order chi connectivity index (χ0) is 13.4. The molecule has 19 heavy (non-hydrogen) atoms. The van der Waals surface area contributed by atoms with Crippen molar-refractivity contribution in [2.24, 2.45) is 0 Å². The predicted molar refractivity (Wildman–Crippen MR) is 76.5 cm³/mol. The van der Waals surface area contributed by atoms with Gasteiger partial charge in [0.25, 0.3) is 0 Å². The molecule has 4 nitrogen and oxygen atoms in total. The van der Waals surface area contributed by atoms with Gasteiger partial charge in [0.05, 0.1) is 5.52 Å². The monoisotopic (exact) mass is 320 g/mol. The van der Waals surface area contributed by atoms with Gasteiger partial charge in [-0.25, -0.2) is 14.4 Å². The molecular weight excluding hydrogens is 311 g/mol. The molecule has 3 aromatic rings. The molecule has 96 valence electrons. The van der Waals surface area contributed by atoms with Crippen molar-refractivity contribution in [1.82, 2.24) is 15.0 Å². The lowest BCUT2D eigenvalue weighted by molar-refractivity contribution is 0.627. The Morgan fingerprint density at radius 1 is 1.21 bits per heavy atom. The van der Waals surface area contributed by atoms with Crippen LogP contribution in [0, 0.1) is 5.82 Å². The standard InChI is InChI=1S/C13H10BrFN4/c1-16-11-3-2-10-13(18-11)19-12(17-10)7-4-8(14)6-9(15)5-7/h2-6H,1H3,(H2,16,17,18,19). The van der Waals surface area contributed by atoms with Crippen LogP contribution in [0.15, 0.2) is 34.8 Å². The van der Waals surface area contributed by atoms with E-state index in [0.717, 1.165) is 11.3 Å². The van der Waals surface area contributed by atoms with Crippen molar-refractivity contribution in [3.05, 3.63) is 40.6 Å². The van der Waals surface area contributed by atoms with E-state index in [-0.39, 0.29) is 5.82 Å². The van der Waals surface area contributed by atoms with E-state index in [4.69, 9.17) is 0 Å². The Balaban J connectivity index is 2.14. The molecule has 3 rings (SSSR count). The molecule has 6 heteroatoms. The summed E-state index contributed by atoms with van der Waals surface area (Å²) in [5.41, 5.74) is 2.09. The number of aromatic nitrogens is 3. The number of imidazole rings is 1. The Kier molecular flexibility index (Phi) is 2.94. The number of rotatable bonds is 2. The SMILES string of the molecule is CNc1ccc2[nH]c(-c3cc(F)cc(Br)c3)nc2n1. The van der Waals surface area contributed by atoms with Crippen LogP contribution in [0.4, 0.5) is 10.2 Å². The number of nitrogens with one attached hydrogen (secondary N) is 2. The molecule has 0 radical (unpaired) electrons. The lowest BCUT2D eigenvalue weighted by atomic mass is 10.2. The Hall–Kier alpha value is -1.95. The number of hydrogen-bond acceptors (Lipinski definition) is 3. The Morgan fingerprint density at radius 3 is 2.79 bits per heavy atom. The maximum atomic E-state index is 13.4. The molecule has 2 aromatic heterocycles. The number of fused-ring (bicyclic) bond motifs is 1. The molecule has 0 saturated carbocycles. The lowest BCUT2D eigenvalue weighted by Crippen LogP contribution is -1.91. The maximum Gasteiger partial charge on any atom is 0.180 e. The van der Waals surface area contributed by atoms with E-state index in [2.05, 4.69) is 36.2 Å². The third kappa shape index (κ3) is 2.31. The number of aromatic amines is 1. The van der Waals surface area contributed by atoms with Gasteiger partial charge in [0.2, 0.25) is 0 Å². The van der Waals surface area contributed by atoms with E-state index in [1.54, 1.807) is 13.1 Å². The fraction of sp³-hybridized carbons (Fsp3) is 0.0769. The first-order valence-corrected chi connectivity index (χ1v) is 6.46. The first kappa shape index (κ1) is 12.1. The molecule has 2 heterocycles. The van der Waals surface area contributed by atoms with Gasteiger partial charge < -0.3 is 10.3 Å². The zero-order valence-corrected chi connectivity index (χ0v) is 11.6. The van der Waals surface area contributed by atoms with Crippen LogP contribution in [0.25, 0.3) is 22.6 Å². The summed E-state index contributed by atoms with van der Waals surface area (Å²) in [6, 6.07) is 8.38. The average molecular weight is 321 g/mol. The van der Waals surface area contributed by atoms with Gasteiger partial charge in [-0.3, -0.25) is 0 Å². The summed E-state index contributed by atoms with van der Waals surface area (Å²) in [5, 5.41) is 2.95. The van der Waals surface area contributed by atoms with Crippen molar-refractivity contribution in [3.63, 3.8) is 0 Å². The number of nitrogens with zero attached hydrogens (tertiary/aromatic N) is 2. The molecule has 0 amide bonds. The minimum absolute atomic E-state index is 0.311. The van der Waals surface area contributed by atoms with Crippen LogP contribution in [0.5, 0.6) is 0 Å². The van der Waals surface area contributed by atoms with Crippen LogP contribution < -0.4 is 5.32 Å². The summed E-state index contributed by atoms with van der Waals surface area (Å²) in [6.07, 6.45) is 0. The summed E-state index contributed by atoms with van der Waals surface area (Å²) < 4.78 is 14.1. The number of anilines is 1. The van der Waals surface area contributed by atoms with Gasteiger partial charge in [-0.05, 0) is 30.3 Å². The highest BCUT2D eigenvalue weighted by molar-refractivity contribution is 9.10. The topological polar surface area (TPSA) is 53.6 Å². The summed E-state index contributed by atoms with van der Waals surface area (Å²) in [4.78, 5) is 11.8. The molecule has 0 atom stereocenters. The smallest absolute Gasteiger partial charge is 0.180 e. The van der Waals surface area contributed by atoms with E-state index >= 15 is 0 Å². The van der Waals surface area contributed by atoms with Crippen LogP contribution >= 0.6 is 15.9 Å². The van der Waals surface area contributed by atoms with Gasteiger partial charge in [0.1, 0.15) is 17.5 Å². The Morgan fingerprint density at radius 2 is 2.05 bits per heavy atom. The molecule has 0 spiro atoms. The number of hydrogen-bond donors (Lipinski definition) is 2. The minimum Gasteiger partial charge on any atom is -0.373 e. The van der Waals surface area contributed by atoms with Crippen LogP contribution in [-0.2, 0) is 0 Å². The fourth-order valence-corrected chi connectivity index (χ4v) is 2.32. The van der Waals surface area contributed by atoms with E-state index < -0.39 is 0 Å². The second kappa shape index (κ2) is 4.62. The molecule has 0 unspecified atom stereocenters. The van der Waals surface area contributed by atoms with Crippen molar-refractivity contribution in [3.8, 4) is 11.4 Å². The molecule has 0 aliphatic carbocycles.